The monoisotopic (exact) mass is 223 g/mol. The van der Waals surface area contributed by atoms with Crippen molar-refractivity contribution in [1.29, 1.82) is 0 Å². The van der Waals surface area contributed by atoms with Gasteiger partial charge in [-0.05, 0) is 26.7 Å². The Hall–Kier alpha value is -0.870. The number of methoxy groups -OCH3 is 1. The number of aromatic nitrogens is 2. The fourth-order valence-electron chi connectivity index (χ4n) is 2.24. The lowest BCUT2D eigenvalue weighted by molar-refractivity contribution is 0.0170. The van der Waals surface area contributed by atoms with Crippen LogP contribution in [0.3, 0.4) is 0 Å². The van der Waals surface area contributed by atoms with Crippen molar-refractivity contribution in [3.8, 4) is 0 Å². The number of hydrogen-bond donors (Lipinski definition) is 1. The average Bonchev–Trinajstić information content (AvgIpc) is 2.42. The first kappa shape index (κ1) is 11.6. The summed E-state index contributed by atoms with van der Waals surface area (Å²) in [6.45, 7) is 5.12. The Balaban J connectivity index is 1.86. The van der Waals surface area contributed by atoms with E-state index in [1.54, 1.807) is 7.11 Å². The number of ether oxygens (including phenoxy) is 1. The first-order valence-corrected chi connectivity index (χ1v) is 5.87. The van der Waals surface area contributed by atoms with Crippen molar-refractivity contribution in [2.75, 3.05) is 7.11 Å². The molecule has 16 heavy (non-hydrogen) atoms. The van der Waals surface area contributed by atoms with Gasteiger partial charge in [0.15, 0.2) is 0 Å². The van der Waals surface area contributed by atoms with E-state index in [1.807, 2.05) is 11.7 Å². The van der Waals surface area contributed by atoms with Crippen LogP contribution in [0.25, 0.3) is 0 Å². The van der Waals surface area contributed by atoms with Gasteiger partial charge in [-0.3, -0.25) is 4.68 Å². The van der Waals surface area contributed by atoms with Gasteiger partial charge in [-0.2, -0.15) is 5.10 Å². The second kappa shape index (κ2) is 4.55. The molecule has 0 spiro atoms. The zero-order valence-corrected chi connectivity index (χ0v) is 10.6. The summed E-state index contributed by atoms with van der Waals surface area (Å²) in [6, 6.07) is 0.615. The Morgan fingerprint density at radius 1 is 1.44 bits per heavy atom. The summed E-state index contributed by atoms with van der Waals surface area (Å²) < 4.78 is 7.21. The molecule has 4 heteroatoms. The molecule has 0 radical (unpaired) electrons. The Bertz CT molecular complexity index is 367. The topological polar surface area (TPSA) is 39.1 Å². The van der Waals surface area contributed by atoms with E-state index in [0.717, 1.165) is 25.1 Å². The largest absolute Gasteiger partial charge is 0.381 e. The smallest absolute Gasteiger partial charge is 0.0641 e. The molecule has 0 aromatic carbocycles. The highest BCUT2D eigenvalue weighted by Crippen LogP contribution is 2.23. The van der Waals surface area contributed by atoms with Crippen LogP contribution < -0.4 is 5.32 Å². The van der Waals surface area contributed by atoms with Crippen molar-refractivity contribution in [3.63, 3.8) is 0 Å². The summed E-state index contributed by atoms with van der Waals surface area (Å²) >= 11 is 0. The fraction of sp³-hybridized carbons (Fsp3) is 0.750. The minimum atomic E-state index is 0.466. The molecule has 1 heterocycles. The predicted molar refractivity (Wildman–Crippen MR) is 63.3 cm³/mol. The second-order valence-corrected chi connectivity index (χ2v) is 4.68. The van der Waals surface area contributed by atoms with Crippen LogP contribution in [0.4, 0.5) is 0 Å². The first-order valence-electron chi connectivity index (χ1n) is 5.87. The predicted octanol–water partition coefficient (Wildman–Crippen LogP) is 1.30. The summed E-state index contributed by atoms with van der Waals surface area (Å²) in [4.78, 5) is 0. The van der Waals surface area contributed by atoms with Crippen molar-refractivity contribution in [3.05, 3.63) is 17.0 Å². The van der Waals surface area contributed by atoms with Crippen molar-refractivity contribution in [2.45, 2.75) is 45.4 Å². The number of nitrogens with one attached hydrogen (secondary N) is 1. The second-order valence-electron chi connectivity index (χ2n) is 4.68. The van der Waals surface area contributed by atoms with E-state index in [2.05, 4.69) is 24.3 Å². The summed E-state index contributed by atoms with van der Waals surface area (Å²) in [5.74, 6) is 0. The molecule has 1 aliphatic rings. The molecule has 0 amide bonds. The van der Waals surface area contributed by atoms with Gasteiger partial charge in [0, 0.05) is 38.0 Å². The molecule has 0 atom stereocenters. The number of rotatable bonds is 4. The van der Waals surface area contributed by atoms with Crippen LogP contribution in [0.15, 0.2) is 0 Å². The lowest BCUT2D eigenvalue weighted by Gasteiger charge is -2.34. The molecule has 1 aromatic heterocycles. The highest BCUT2D eigenvalue weighted by Gasteiger charge is 2.28. The van der Waals surface area contributed by atoms with E-state index in [9.17, 15) is 0 Å². The first-order chi connectivity index (χ1) is 7.61. The summed E-state index contributed by atoms with van der Waals surface area (Å²) in [6.07, 6.45) is 2.73. The maximum Gasteiger partial charge on any atom is 0.0641 e. The van der Waals surface area contributed by atoms with Gasteiger partial charge in [0.1, 0.15) is 0 Å². The number of nitrogens with zero attached hydrogens (tertiary/aromatic N) is 2. The minimum Gasteiger partial charge on any atom is -0.381 e. The molecule has 4 nitrogen and oxygen atoms in total. The van der Waals surface area contributed by atoms with Crippen molar-refractivity contribution in [2.24, 2.45) is 7.05 Å². The van der Waals surface area contributed by atoms with E-state index >= 15 is 0 Å². The third-order valence-corrected chi connectivity index (χ3v) is 3.65. The van der Waals surface area contributed by atoms with Gasteiger partial charge < -0.3 is 10.1 Å². The normalized spacial score (nSPS) is 24.5. The summed E-state index contributed by atoms with van der Waals surface area (Å²) in [5, 5.41) is 7.98. The van der Waals surface area contributed by atoms with Crippen LogP contribution >= 0.6 is 0 Å². The molecule has 0 aliphatic heterocycles. The zero-order valence-electron chi connectivity index (χ0n) is 10.6. The van der Waals surface area contributed by atoms with Gasteiger partial charge in [0.25, 0.3) is 0 Å². The molecule has 0 unspecified atom stereocenters. The fourth-order valence-corrected chi connectivity index (χ4v) is 2.24. The molecule has 1 N–H and O–H groups in total. The van der Waals surface area contributed by atoms with Gasteiger partial charge in [0.2, 0.25) is 0 Å². The SMILES string of the molecule is COC1CC(NCc2c(C)nn(C)c2C)C1. The van der Waals surface area contributed by atoms with Crippen LogP contribution in [0.1, 0.15) is 29.8 Å². The molecule has 0 saturated heterocycles. The lowest BCUT2D eigenvalue weighted by atomic mass is 9.89. The Labute approximate surface area is 97.0 Å². The molecular weight excluding hydrogens is 202 g/mol. The van der Waals surface area contributed by atoms with Gasteiger partial charge in [-0.25, -0.2) is 0 Å². The van der Waals surface area contributed by atoms with E-state index in [4.69, 9.17) is 4.74 Å². The maximum absolute atomic E-state index is 5.26. The molecule has 1 fully saturated rings. The molecular formula is C12H21N3O. The molecule has 1 aliphatic carbocycles. The molecule has 2 rings (SSSR count). The average molecular weight is 223 g/mol. The Morgan fingerprint density at radius 3 is 2.62 bits per heavy atom. The Morgan fingerprint density at radius 2 is 2.12 bits per heavy atom. The van der Waals surface area contributed by atoms with Gasteiger partial charge in [-0.1, -0.05) is 0 Å². The van der Waals surface area contributed by atoms with Crippen molar-refractivity contribution >= 4 is 0 Å². The van der Waals surface area contributed by atoms with Crippen LogP contribution in [0, 0.1) is 13.8 Å². The van der Waals surface area contributed by atoms with Crippen LogP contribution in [0.5, 0.6) is 0 Å². The quantitative estimate of drug-likeness (QED) is 0.836. The zero-order chi connectivity index (χ0) is 11.7. The van der Waals surface area contributed by atoms with E-state index in [0.29, 0.717) is 12.1 Å². The number of aryl methyl sites for hydroxylation is 2. The maximum atomic E-state index is 5.26. The lowest BCUT2D eigenvalue weighted by Crippen LogP contribution is -2.44. The summed E-state index contributed by atoms with van der Waals surface area (Å²) in [7, 11) is 3.78. The van der Waals surface area contributed by atoms with Gasteiger partial charge in [-0.15, -0.1) is 0 Å². The van der Waals surface area contributed by atoms with Crippen LogP contribution in [-0.2, 0) is 18.3 Å². The third kappa shape index (κ3) is 2.13. The van der Waals surface area contributed by atoms with Crippen molar-refractivity contribution in [1.82, 2.24) is 15.1 Å². The van der Waals surface area contributed by atoms with Gasteiger partial charge >= 0.3 is 0 Å². The van der Waals surface area contributed by atoms with E-state index < -0.39 is 0 Å². The molecule has 1 aromatic rings. The highest BCUT2D eigenvalue weighted by molar-refractivity contribution is 5.24. The standard InChI is InChI=1S/C12H21N3O/c1-8-12(9(2)15(3)14-8)7-13-10-5-11(6-10)16-4/h10-11,13H,5-7H2,1-4H3. The van der Waals surface area contributed by atoms with Crippen molar-refractivity contribution < 1.29 is 4.74 Å². The molecule has 90 valence electrons. The van der Waals surface area contributed by atoms with E-state index in [-0.39, 0.29) is 0 Å². The van der Waals surface area contributed by atoms with Crippen LogP contribution in [0.2, 0.25) is 0 Å². The van der Waals surface area contributed by atoms with Gasteiger partial charge in [0.05, 0.1) is 11.8 Å². The summed E-state index contributed by atoms with van der Waals surface area (Å²) in [5.41, 5.74) is 3.73. The molecule has 0 bridgehead atoms. The third-order valence-electron chi connectivity index (χ3n) is 3.65. The highest BCUT2D eigenvalue weighted by atomic mass is 16.5. The van der Waals surface area contributed by atoms with Crippen LogP contribution in [-0.4, -0.2) is 29.0 Å². The number of hydrogen-bond acceptors (Lipinski definition) is 3. The minimum absolute atomic E-state index is 0.466. The molecule has 1 saturated carbocycles. The van der Waals surface area contributed by atoms with E-state index in [1.165, 1.54) is 11.3 Å². The Kier molecular flexibility index (Phi) is 3.30.